The summed E-state index contributed by atoms with van der Waals surface area (Å²) in [6, 6.07) is 10.8. The highest BCUT2D eigenvalue weighted by Gasteiger charge is 2.19. The Morgan fingerprint density at radius 3 is 2.54 bits per heavy atom. The summed E-state index contributed by atoms with van der Waals surface area (Å²) in [5.41, 5.74) is 1.68. The fraction of sp³-hybridized carbons (Fsp3) is 0.333. The molecule has 0 bridgehead atoms. The standard InChI is InChI=1S/C18H23N3O4S/c1-25-17-6-4-3-5-16(17)14-21(26(2,23)24)12-9-18(22)20-13-15-7-10-19-11-8-15/h3-8,10-11H,9,12-14H2,1-2H3,(H,20,22). The second-order valence-corrected chi connectivity index (χ2v) is 7.77. The van der Waals surface area contributed by atoms with E-state index >= 15 is 0 Å². The van der Waals surface area contributed by atoms with Crippen molar-refractivity contribution < 1.29 is 17.9 Å². The summed E-state index contributed by atoms with van der Waals surface area (Å²) in [7, 11) is -1.92. The van der Waals surface area contributed by atoms with Crippen LogP contribution < -0.4 is 10.1 Å². The van der Waals surface area contributed by atoms with E-state index in [1.165, 1.54) is 11.4 Å². The molecule has 1 N–H and O–H groups in total. The maximum Gasteiger partial charge on any atom is 0.221 e. The number of benzene rings is 1. The Morgan fingerprint density at radius 2 is 1.88 bits per heavy atom. The monoisotopic (exact) mass is 377 g/mol. The number of amides is 1. The molecule has 1 heterocycles. The number of methoxy groups -OCH3 is 1. The number of nitrogens with one attached hydrogen (secondary N) is 1. The molecule has 2 aromatic rings. The summed E-state index contributed by atoms with van der Waals surface area (Å²) in [4.78, 5) is 16.0. The normalized spacial score (nSPS) is 11.3. The Labute approximate surface area is 154 Å². The molecule has 2 rings (SSSR count). The van der Waals surface area contributed by atoms with Crippen LogP contribution in [-0.2, 0) is 27.9 Å². The van der Waals surface area contributed by atoms with Gasteiger partial charge in [-0.25, -0.2) is 8.42 Å². The van der Waals surface area contributed by atoms with Gasteiger partial charge in [0.15, 0.2) is 0 Å². The quantitative estimate of drug-likeness (QED) is 0.716. The van der Waals surface area contributed by atoms with Gasteiger partial charge in [0.25, 0.3) is 0 Å². The van der Waals surface area contributed by atoms with Crippen molar-refractivity contribution in [1.29, 1.82) is 0 Å². The Bertz CT molecular complexity index is 825. The van der Waals surface area contributed by atoms with E-state index in [4.69, 9.17) is 4.74 Å². The first-order chi connectivity index (χ1) is 12.4. The third-order valence-electron chi connectivity index (χ3n) is 3.84. The molecular weight excluding hydrogens is 354 g/mol. The molecule has 0 aliphatic carbocycles. The van der Waals surface area contributed by atoms with Gasteiger partial charge in [-0.3, -0.25) is 9.78 Å². The topological polar surface area (TPSA) is 88.6 Å². The van der Waals surface area contributed by atoms with Crippen molar-refractivity contribution in [2.24, 2.45) is 0 Å². The largest absolute Gasteiger partial charge is 0.496 e. The van der Waals surface area contributed by atoms with E-state index in [9.17, 15) is 13.2 Å². The van der Waals surface area contributed by atoms with Crippen LogP contribution in [0.15, 0.2) is 48.8 Å². The molecule has 7 nitrogen and oxygen atoms in total. The number of pyridine rings is 1. The number of aromatic nitrogens is 1. The summed E-state index contributed by atoms with van der Waals surface area (Å²) < 4.78 is 30.7. The minimum absolute atomic E-state index is 0.0767. The van der Waals surface area contributed by atoms with Gasteiger partial charge >= 0.3 is 0 Å². The minimum atomic E-state index is -3.46. The fourth-order valence-electron chi connectivity index (χ4n) is 2.40. The van der Waals surface area contributed by atoms with E-state index in [1.807, 2.05) is 24.3 Å². The number of sulfonamides is 1. The van der Waals surface area contributed by atoms with Gasteiger partial charge in [-0.1, -0.05) is 18.2 Å². The van der Waals surface area contributed by atoms with Crippen molar-refractivity contribution in [3.05, 3.63) is 59.9 Å². The number of ether oxygens (including phenoxy) is 1. The summed E-state index contributed by atoms with van der Waals surface area (Å²) >= 11 is 0. The molecule has 0 fully saturated rings. The average molecular weight is 377 g/mol. The van der Waals surface area contributed by atoms with E-state index in [0.717, 1.165) is 17.4 Å². The molecule has 1 aromatic heterocycles. The van der Waals surface area contributed by atoms with Crippen molar-refractivity contribution in [3.8, 4) is 5.75 Å². The van der Waals surface area contributed by atoms with Gasteiger partial charge in [0.05, 0.1) is 13.4 Å². The zero-order valence-corrected chi connectivity index (χ0v) is 15.7. The zero-order valence-electron chi connectivity index (χ0n) is 14.9. The van der Waals surface area contributed by atoms with Gasteiger partial charge in [-0.2, -0.15) is 4.31 Å². The van der Waals surface area contributed by atoms with Crippen LogP contribution in [0.3, 0.4) is 0 Å². The number of carbonyl (C=O) groups is 1. The van der Waals surface area contributed by atoms with Crippen molar-refractivity contribution in [2.75, 3.05) is 19.9 Å². The molecule has 0 spiro atoms. The van der Waals surface area contributed by atoms with Crippen LogP contribution in [0.25, 0.3) is 0 Å². The van der Waals surface area contributed by atoms with Gasteiger partial charge in [0.2, 0.25) is 15.9 Å². The number of nitrogens with zero attached hydrogens (tertiary/aromatic N) is 2. The molecule has 0 saturated carbocycles. The SMILES string of the molecule is COc1ccccc1CN(CCC(=O)NCc1ccncc1)S(C)(=O)=O. The van der Waals surface area contributed by atoms with Gasteiger partial charge in [0.1, 0.15) is 5.75 Å². The highest BCUT2D eigenvalue weighted by atomic mass is 32.2. The highest BCUT2D eigenvalue weighted by molar-refractivity contribution is 7.88. The first-order valence-electron chi connectivity index (χ1n) is 8.13. The van der Waals surface area contributed by atoms with Gasteiger partial charge in [0, 0.05) is 44.0 Å². The Kier molecular flexibility index (Phi) is 7.11. The highest BCUT2D eigenvalue weighted by Crippen LogP contribution is 2.20. The van der Waals surface area contributed by atoms with Gasteiger partial charge < -0.3 is 10.1 Å². The van der Waals surface area contributed by atoms with Crippen molar-refractivity contribution in [3.63, 3.8) is 0 Å². The Hall–Kier alpha value is -2.45. The van der Waals surface area contributed by atoms with Crippen LogP contribution in [0, 0.1) is 0 Å². The van der Waals surface area contributed by atoms with Crippen molar-refractivity contribution in [1.82, 2.24) is 14.6 Å². The lowest BCUT2D eigenvalue weighted by Gasteiger charge is -2.21. The molecule has 26 heavy (non-hydrogen) atoms. The molecule has 0 unspecified atom stereocenters. The first-order valence-corrected chi connectivity index (χ1v) is 9.97. The van der Waals surface area contributed by atoms with Crippen LogP contribution in [0.4, 0.5) is 0 Å². The van der Waals surface area contributed by atoms with Gasteiger partial charge in [-0.05, 0) is 23.8 Å². The molecule has 1 aromatic carbocycles. The van der Waals surface area contributed by atoms with E-state index in [-0.39, 0.29) is 25.4 Å². The molecule has 8 heteroatoms. The maximum atomic E-state index is 12.1. The number of para-hydroxylation sites is 1. The van der Waals surface area contributed by atoms with Crippen molar-refractivity contribution >= 4 is 15.9 Å². The smallest absolute Gasteiger partial charge is 0.221 e. The second kappa shape index (κ2) is 9.30. The van der Waals surface area contributed by atoms with Crippen LogP contribution in [0.5, 0.6) is 5.75 Å². The van der Waals surface area contributed by atoms with Crippen LogP contribution in [0.1, 0.15) is 17.5 Å². The molecule has 0 radical (unpaired) electrons. The Balaban J connectivity index is 1.95. The van der Waals surface area contributed by atoms with E-state index in [2.05, 4.69) is 10.3 Å². The number of rotatable bonds is 9. The zero-order chi connectivity index (χ0) is 19.0. The molecule has 1 amide bonds. The molecule has 0 atom stereocenters. The third kappa shape index (κ3) is 6.12. The molecular formula is C18H23N3O4S. The van der Waals surface area contributed by atoms with E-state index in [1.54, 1.807) is 24.5 Å². The summed E-state index contributed by atoms with van der Waals surface area (Å²) in [5.74, 6) is 0.402. The molecule has 0 aliphatic rings. The molecule has 0 aliphatic heterocycles. The number of carbonyl (C=O) groups excluding carboxylic acids is 1. The lowest BCUT2D eigenvalue weighted by Crippen LogP contribution is -2.34. The first kappa shape index (κ1) is 19.9. The summed E-state index contributed by atoms with van der Waals surface area (Å²) in [6.07, 6.45) is 4.52. The third-order valence-corrected chi connectivity index (χ3v) is 5.09. The summed E-state index contributed by atoms with van der Waals surface area (Å²) in [6.45, 7) is 0.631. The van der Waals surface area contributed by atoms with E-state index < -0.39 is 10.0 Å². The lowest BCUT2D eigenvalue weighted by atomic mass is 10.2. The molecule has 140 valence electrons. The second-order valence-electron chi connectivity index (χ2n) is 5.79. The van der Waals surface area contributed by atoms with E-state index in [0.29, 0.717) is 12.3 Å². The minimum Gasteiger partial charge on any atom is -0.496 e. The number of hydrogen-bond acceptors (Lipinski definition) is 5. The summed E-state index contributed by atoms with van der Waals surface area (Å²) in [5, 5.41) is 2.78. The van der Waals surface area contributed by atoms with Crippen LogP contribution >= 0.6 is 0 Å². The average Bonchev–Trinajstić information content (AvgIpc) is 2.63. The fourth-order valence-corrected chi connectivity index (χ4v) is 3.20. The Morgan fingerprint density at radius 1 is 1.19 bits per heavy atom. The van der Waals surface area contributed by atoms with Crippen LogP contribution in [0.2, 0.25) is 0 Å². The van der Waals surface area contributed by atoms with Gasteiger partial charge in [-0.15, -0.1) is 0 Å². The lowest BCUT2D eigenvalue weighted by molar-refractivity contribution is -0.121. The van der Waals surface area contributed by atoms with Crippen LogP contribution in [-0.4, -0.2) is 43.5 Å². The number of hydrogen-bond donors (Lipinski definition) is 1. The maximum absolute atomic E-state index is 12.1. The molecule has 0 saturated heterocycles. The van der Waals surface area contributed by atoms with Crippen molar-refractivity contribution in [2.45, 2.75) is 19.5 Å². The predicted molar refractivity (Wildman–Crippen MR) is 98.9 cm³/mol. The predicted octanol–water partition coefficient (Wildman–Crippen LogP) is 1.56.